The zero-order valence-corrected chi connectivity index (χ0v) is 10.5. The number of benzene rings is 1. The number of hydrogen-bond acceptors (Lipinski definition) is 2. The molecular weight excluding hydrogens is 226 g/mol. The van der Waals surface area contributed by atoms with E-state index in [9.17, 15) is 0 Å². The van der Waals surface area contributed by atoms with Crippen LogP contribution in [0.25, 0.3) is 10.9 Å². The first-order chi connectivity index (χ1) is 8.59. The van der Waals surface area contributed by atoms with Crippen molar-refractivity contribution in [1.82, 2.24) is 4.57 Å². The monoisotopic (exact) mass is 243 g/mol. The van der Waals surface area contributed by atoms with Gasteiger partial charge in [-0.2, -0.15) is 5.10 Å². The van der Waals surface area contributed by atoms with Crippen LogP contribution in [-0.2, 0) is 0 Å². The van der Waals surface area contributed by atoms with Crippen LogP contribution in [0, 0.1) is 0 Å². The van der Waals surface area contributed by atoms with Crippen LogP contribution < -0.4 is 11.5 Å². The van der Waals surface area contributed by atoms with Crippen molar-refractivity contribution in [2.75, 3.05) is 0 Å². The Morgan fingerprint density at radius 2 is 2.00 bits per heavy atom. The molecule has 1 aromatic heterocycles. The summed E-state index contributed by atoms with van der Waals surface area (Å²) in [6.45, 7) is 4.28. The Morgan fingerprint density at radius 1 is 1.28 bits per heavy atom. The van der Waals surface area contributed by atoms with Gasteiger partial charge < -0.3 is 16.0 Å². The van der Waals surface area contributed by atoms with Crippen LogP contribution in [0.4, 0.5) is 0 Å². The summed E-state index contributed by atoms with van der Waals surface area (Å²) in [6, 6.07) is 8.57. The van der Waals surface area contributed by atoms with Crippen LogP contribution in [0.1, 0.15) is 25.5 Å². The number of aromatic nitrogens is 1. The molecule has 0 saturated heterocycles. The average Bonchev–Trinajstić information content (AvgIpc) is 2.68. The van der Waals surface area contributed by atoms with E-state index in [-0.39, 0.29) is 5.96 Å². The lowest BCUT2D eigenvalue weighted by molar-refractivity contribution is 0.623. The molecule has 1 aromatic carbocycles. The fourth-order valence-electron chi connectivity index (χ4n) is 1.92. The molecule has 0 aliphatic rings. The van der Waals surface area contributed by atoms with E-state index in [0.29, 0.717) is 6.04 Å². The molecule has 5 nitrogen and oxygen atoms in total. The second-order valence-electron chi connectivity index (χ2n) is 4.37. The maximum atomic E-state index is 5.23. The molecule has 2 rings (SSSR count). The van der Waals surface area contributed by atoms with Gasteiger partial charge in [0.25, 0.3) is 0 Å². The van der Waals surface area contributed by atoms with Crippen molar-refractivity contribution in [2.45, 2.75) is 19.9 Å². The molecule has 94 valence electrons. The number of para-hydroxylation sites is 1. The maximum Gasteiger partial charge on any atom is 0.211 e. The summed E-state index contributed by atoms with van der Waals surface area (Å²) < 4.78 is 2.20. The Kier molecular flexibility index (Phi) is 3.32. The lowest BCUT2D eigenvalue weighted by atomic mass is 10.2. The summed E-state index contributed by atoms with van der Waals surface area (Å²) in [4.78, 5) is 0. The quantitative estimate of drug-likeness (QED) is 0.490. The normalized spacial score (nSPS) is 11.5. The first-order valence-corrected chi connectivity index (χ1v) is 5.81. The fourth-order valence-corrected chi connectivity index (χ4v) is 1.92. The molecule has 18 heavy (non-hydrogen) atoms. The predicted octanol–water partition coefficient (Wildman–Crippen LogP) is 1.83. The average molecular weight is 243 g/mol. The molecule has 1 heterocycles. The first kappa shape index (κ1) is 12.2. The van der Waals surface area contributed by atoms with Gasteiger partial charge in [-0.3, -0.25) is 0 Å². The molecule has 5 heteroatoms. The maximum absolute atomic E-state index is 5.23. The second-order valence-corrected chi connectivity index (χ2v) is 4.37. The highest BCUT2D eigenvalue weighted by Gasteiger charge is 2.08. The van der Waals surface area contributed by atoms with Gasteiger partial charge >= 0.3 is 0 Å². The Labute approximate surface area is 106 Å². The summed E-state index contributed by atoms with van der Waals surface area (Å²) in [5.74, 6) is -0.0427. The molecule has 0 bridgehead atoms. The third-order valence-electron chi connectivity index (χ3n) is 2.70. The van der Waals surface area contributed by atoms with Gasteiger partial charge in [0.2, 0.25) is 5.96 Å². The van der Waals surface area contributed by atoms with Crippen LogP contribution in [0.3, 0.4) is 0 Å². The summed E-state index contributed by atoms with van der Waals surface area (Å²) in [5.41, 5.74) is 12.6. The van der Waals surface area contributed by atoms with Crippen molar-refractivity contribution in [3.63, 3.8) is 0 Å². The summed E-state index contributed by atoms with van der Waals surface area (Å²) in [5, 5.41) is 8.62. The van der Waals surface area contributed by atoms with Gasteiger partial charge in [0.05, 0.1) is 6.21 Å². The van der Waals surface area contributed by atoms with E-state index in [1.54, 1.807) is 6.21 Å². The molecule has 0 spiro atoms. The Balaban J connectivity index is 2.51. The molecule has 0 aliphatic heterocycles. The predicted molar refractivity (Wildman–Crippen MR) is 75.7 cm³/mol. The van der Waals surface area contributed by atoms with Crippen molar-refractivity contribution in [3.05, 3.63) is 36.0 Å². The van der Waals surface area contributed by atoms with Crippen molar-refractivity contribution < 1.29 is 0 Å². The highest BCUT2D eigenvalue weighted by molar-refractivity contribution is 5.99. The molecule has 0 radical (unpaired) electrons. The van der Waals surface area contributed by atoms with Gasteiger partial charge in [-0.25, -0.2) is 0 Å². The number of fused-ring (bicyclic) bond motifs is 1. The molecule has 0 fully saturated rings. The highest BCUT2D eigenvalue weighted by Crippen LogP contribution is 2.23. The van der Waals surface area contributed by atoms with Crippen LogP contribution >= 0.6 is 0 Å². The lowest BCUT2D eigenvalue weighted by Gasteiger charge is -2.08. The van der Waals surface area contributed by atoms with Crippen LogP contribution in [0.5, 0.6) is 0 Å². The Bertz CT molecular complexity index is 603. The van der Waals surface area contributed by atoms with Gasteiger partial charge in [-0.05, 0) is 19.9 Å². The van der Waals surface area contributed by atoms with E-state index >= 15 is 0 Å². The molecule has 0 unspecified atom stereocenters. The molecule has 0 saturated carbocycles. The first-order valence-electron chi connectivity index (χ1n) is 5.81. The second kappa shape index (κ2) is 4.91. The minimum Gasteiger partial charge on any atom is -0.369 e. The standard InChI is InChI=1S/C13H17N5/c1-9(2)18-8-10(7-16-17-13(14)15)11-5-3-4-6-12(11)18/h3-9H,1-2H3,(H4,14,15,17)/b16-7-. The van der Waals surface area contributed by atoms with Gasteiger partial charge in [0.15, 0.2) is 0 Å². The van der Waals surface area contributed by atoms with Crippen LogP contribution in [0.2, 0.25) is 0 Å². The zero-order valence-electron chi connectivity index (χ0n) is 10.5. The van der Waals surface area contributed by atoms with E-state index in [4.69, 9.17) is 11.5 Å². The van der Waals surface area contributed by atoms with Crippen LogP contribution in [0.15, 0.2) is 40.7 Å². The van der Waals surface area contributed by atoms with Gasteiger partial charge in [0, 0.05) is 28.7 Å². The third kappa shape index (κ3) is 2.34. The Hall–Kier alpha value is -2.30. The SMILES string of the molecule is CC(C)n1cc(/C=N\N=C(N)N)c2ccccc21. The molecule has 0 aliphatic carbocycles. The molecule has 0 atom stereocenters. The van der Waals surface area contributed by atoms with Gasteiger partial charge in [0.1, 0.15) is 0 Å². The van der Waals surface area contributed by atoms with Gasteiger partial charge in [-0.15, -0.1) is 5.10 Å². The summed E-state index contributed by atoms with van der Waals surface area (Å²) in [6.07, 6.45) is 3.72. The minimum absolute atomic E-state index is 0.0427. The van der Waals surface area contributed by atoms with E-state index in [2.05, 4.69) is 46.9 Å². The molecule has 4 N–H and O–H groups in total. The van der Waals surface area contributed by atoms with E-state index in [1.807, 2.05) is 12.1 Å². The van der Waals surface area contributed by atoms with Crippen molar-refractivity contribution >= 4 is 23.1 Å². The Morgan fingerprint density at radius 3 is 2.67 bits per heavy atom. The van der Waals surface area contributed by atoms with Crippen molar-refractivity contribution in [2.24, 2.45) is 21.7 Å². The fraction of sp³-hybridized carbons (Fsp3) is 0.231. The van der Waals surface area contributed by atoms with Crippen LogP contribution in [-0.4, -0.2) is 16.7 Å². The highest BCUT2D eigenvalue weighted by atomic mass is 15.3. The van der Waals surface area contributed by atoms with Crippen molar-refractivity contribution in [1.29, 1.82) is 0 Å². The number of hydrogen-bond donors (Lipinski definition) is 2. The van der Waals surface area contributed by atoms with E-state index in [1.165, 1.54) is 5.52 Å². The summed E-state index contributed by atoms with van der Waals surface area (Å²) in [7, 11) is 0. The number of nitrogens with two attached hydrogens (primary N) is 2. The van der Waals surface area contributed by atoms with Crippen molar-refractivity contribution in [3.8, 4) is 0 Å². The molecular formula is C13H17N5. The largest absolute Gasteiger partial charge is 0.369 e. The number of guanidine groups is 1. The molecule has 2 aromatic rings. The zero-order chi connectivity index (χ0) is 13.1. The smallest absolute Gasteiger partial charge is 0.211 e. The van der Waals surface area contributed by atoms with E-state index in [0.717, 1.165) is 10.9 Å². The topological polar surface area (TPSA) is 81.7 Å². The van der Waals surface area contributed by atoms with E-state index < -0.39 is 0 Å². The minimum atomic E-state index is -0.0427. The third-order valence-corrected chi connectivity index (χ3v) is 2.70. The number of nitrogens with zero attached hydrogens (tertiary/aromatic N) is 3. The lowest BCUT2D eigenvalue weighted by Crippen LogP contribution is -2.21. The molecule has 0 amide bonds. The summed E-state index contributed by atoms with van der Waals surface area (Å²) >= 11 is 0. The number of rotatable bonds is 3. The van der Waals surface area contributed by atoms with Gasteiger partial charge in [-0.1, -0.05) is 18.2 Å².